The van der Waals surface area contributed by atoms with Crippen LogP contribution in [0.5, 0.6) is 0 Å². The van der Waals surface area contributed by atoms with Crippen molar-refractivity contribution in [2.24, 2.45) is 5.41 Å². The van der Waals surface area contributed by atoms with Crippen molar-refractivity contribution < 1.29 is 9.90 Å². The molecular formula is C25H26N4O3S. The molecule has 1 spiro atoms. The summed E-state index contributed by atoms with van der Waals surface area (Å²) in [5.74, 6) is 0.133. The lowest BCUT2D eigenvalue weighted by Crippen LogP contribution is -2.49. The SMILES string of the molecule is O=C(O)N(c1ncc(S)c(=O)n1Cc1ccccc1)C1c2ccccc2CC12CCNCC2. The van der Waals surface area contributed by atoms with E-state index >= 15 is 0 Å². The molecule has 2 N–H and O–H groups in total. The molecular weight excluding hydrogens is 436 g/mol. The summed E-state index contributed by atoms with van der Waals surface area (Å²) in [5.41, 5.74) is 2.44. The smallest absolute Gasteiger partial charge is 0.414 e. The number of hydrogen-bond donors (Lipinski definition) is 3. The van der Waals surface area contributed by atoms with Crippen molar-refractivity contribution in [1.82, 2.24) is 14.9 Å². The first-order chi connectivity index (χ1) is 16.0. The Morgan fingerprint density at radius 1 is 1.15 bits per heavy atom. The predicted molar refractivity (Wildman–Crippen MR) is 129 cm³/mol. The molecule has 8 heteroatoms. The van der Waals surface area contributed by atoms with Crippen LogP contribution in [-0.2, 0) is 13.0 Å². The third-order valence-electron chi connectivity index (χ3n) is 6.94. The van der Waals surface area contributed by atoms with Crippen LogP contribution >= 0.6 is 12.6 Å². The van der Waals surface area contributed by atoms with E-state index in [0.29, 0.717) is 0 Å². The molecule has 1 unspecified atom stereocenters. The number of anilines is 1. The van der Waals surface area contributed by atoms with E-state index < -0.39 is 12.1 Å². The van der Waals surface area contributed by atoms with Crippen molar-refractivity contribution in [1.29, 1.82) is 0 Å². The van der Waals surface area contributed by atoms with Crippen LogP contribution in [-0.4, -0.2) is 33.8 Å². The van der Waals surface area contributed by atoms with E-state index in [1.165, 1.54) is 21.2 Å². The number of hydrogen-bond acceptors (Lipinski definition) is 5. The molecule has 0 bridgehead atoms. The minimum absolute atomic E-state index is 0.133. The van der Waals surface area contributed by atoms with Gasteiger partial charge in [0.1, 0.15) is 0 Å². The number of aromatic nitrogens is 2. The molecule has 1 aliphatic carbocycles. The number of carboxylic acid groups (broad SMARTS) is 1. The van der Waals surface area contributed by atoms with Crippen LogP contribution in [0.3, 0.4) is 0 Å². The number of nitrogens with zero attached hydrogens (tertiary/aromatic N) is 3. The summed E-state index contributed by atoms with van der Waals surface area (Å²) in [7, 11) is 0. The summed E-state index contributed by atoms with van der Waals surface area (Å²) in [6.45, 7) is 1.87. The van der Waals surface area contributed by atoms with Gasteiger partial charge in [0.15, 0.2) is 0 Å². The predicted octanol–water partition coefficient (Wildman–Crippen LogP) is 3.73. The first kappa shape index (κ1) is 21.7. The third-order valence-corrected chi connectivity index (χ3v) is 7.25. The van der Waals surface area contributed by atoms with Crippen molar-refractivity contribution in [2.45, 2.75) is 36.7 Å². The van der Waals surface area contributed by atoms with Gasteiger partial charge in [0.25, 0.3) is 5.56 Å². The molecule has 170 valence electrons. The number of nitrogens with one attached hydrogen (secondary N) is 1. The Kier molecular flexibility index (Phi) is 5.72. The van der Waals surface area contributed by atoms with Gasteiger partial charge in [-0.25, -0.2) is 14.7 Å². The van der Waals surface area contributed by atoms with E-state index in [1.807, 2.05) is 48.5 Å². The molecule has 3 aromatic rings. The second-order valence-electron chi connectivity index (χ2n) is 8.86. The maximum atomic E-state index is 13.2. The Hall–Kier alpha value is -3.10. The normalized spacial score (nSPS) is 18.8. The average Bonchev–Trinajstić information content (AvgIpc) is 3.12. The highest BCUT2D eigenvalue weighted by Gasteiger charge is 2.51. The fraction of sp³-hybridized carbons (Fsp3) is 0.320. The summed E-state index contributed by atoms with van der Waals surface area (Å²) in [5, 5.41) is 13.9. The number of benzene rings is 2. The van der Waals surface area contributed by atoms with Crippen molar-refractivity contribution in [3.63, 3.8) is 0 Å². The standard InChI is InChI=1S/C25H26N4O3S/c30-22-20(33)15-27-23(28(22)16-17-6-2-1-3-7-17)29(24(31)32)21-19-9-5-4-8-18(19)14-25(21)10-12-26-13-11-25/h1-9,15,21,26,33H,10-14,16H2,(H,31,32). The second kappa shape index (κ2) is 8.68. The molecule has 1 saturated heterocycles. The van der Waals surface area contributed by atoms with Crippen molar-refractivity contribution in [2.75, 3.05) is 18.0 Å². The first-order valence-corrected chi connectivity index (χ1v) is 11.6. The van der Waals surface area contributed by atoms with Crippen LogP contribution in [0.25, 0.3) is 0 Å². The molecule has 0 radical (unpaired) electrons. The number of thiol groups is 1. The van der Waals surface area contributed by atoms with Crippen LogP contribution in [0, 0.1) is 5.41 Å². The lowest BCUT2D eigenvalue weighted by atomic mass is 9.72. The summed E-state index contributed by atoms with van der Waals surface area (Å²) in [4.78, 5) is 32.0. The zero-order valence-electron chi connectivity index (χ0n) is 18.1. The van der Waals surface area contributed by atoms with Gasteiger partial charge in [-0.2, -0.15) is 0 Å². The molecule has 5 rings (SSSR count). The van der Waals surface area contributed by atoms with Gasteiger partial charge in [-0.3, -0.25) is 9.36 Å². The quantitative estimate of drug-likeness (QED) is 0.515. The van der Waals surface area contributed by atoms with Crippen LogP contribution in [0.4, 0.5) is 10.7 Å². The van der Waals surface area contributed by atoms with Gasteiger partial charge in [0.05, 0.1) is 17.5 Å². The van der Waals surface area contributed by atoms with Gasteiger partial charge in [0.2, 0.25) is 5.95 Å². The summed E-state index contributed by atoms with van der Waals surface area (Å²) >= 11 is 4.28. The van der Waals surface area contributed by atoms with Crippen LogP contribution in [0.1, 0.15) is 35.6 Å². The molecule has 1 fully saturated rings. The Labute approximate surface area is 197 Å². The Balaban J connectivity index is 1.69. The van der Waals surface area contributed by atoms with Crippen LogP contribution in [0.2, 0.25) is 0 Å². The minimum atomic E-state index is -1.12. The Morgan fingerprint density at radius 2 is 1.85 bits per heavy atom. The zero-order chi connectivity index (χ0) is 23.0. The maximum Gasteiger partial charge on any atom is 0.414 e. The second-order valence-corrected chi connectivity index (χ2v) is 9.35. The molecule has 0 saturated carbocycles. The van der Waals surface area contributed by atoms with E-state index in [0.717, 1.165) is 43.5 Å². The number of amides is 1. The summed E-state index contributed by atoms with van der Waals surface area (Å²) in [6.07, 6.45) is 2.75. The van der Waals surface area contributed by atoms with Crippen LogP contribution < -0.4 is 15.8 Å². The molecule has 2 aromatic carbocycles. The third kappa shape index (κ3) is 3.83. The summed E-state index contributed by atoms with van der Waals surface area (Å²) < 4.78 is 1.43. The van der Waals surface area contributed by atoms with E-state index in [1.54, 1.807) is 0 Å². The average molecular weight is 463 g/mol. The minimum Gasteiger partial charge on any atom is -0.465 e. The fourth-order valence-electron chi connectivity index (χ4n) is 5.44. The van der Waals surface area contributed by atoms with Gasteiger partial charge in [0, 0.05) is 11.6 Å². The molecule has 33 heavy (non-hydrogen) atoms. The monoisotopic (exact) mass is 462 g/mol. The number of carbonyl (C=O) groups is 1. The number of rotatable bonds is 4. The lowest BCUT2D eigenvalue weighted by molar-refractivity contribution is 0.150. The molecule has 7 nitrogen and oxygen atoms in total. The molecule has 2 aliphatic rings. The number of piperidine rings is 1. The van der Waals surface area contributed by atoms with Crippen molar-refractivity contribution >= 4 is 24.7 Å². The highest BCUT2D eigenvalue weighted by molar-refractivity contribution is 7.80. The van der Waals surface area contributed by atoms with Crippen LogP contribution in [0.15, 0.2) is 70.5 Å². The Bertz CT molecular complexity index is 1240. The molecule has 2 heterocycles. The fourth-order valence-corrected chi connectivity index (χ4v) is 5.62. The maximum absolute atomic E-state index is 13.2. The Morgan fingerprint density at radius 3 is 2.58 bits per heavy atom. The molecule has 1 atom stereocenters. The number of fused-ring (bicyclic) bond motifs is 1. The molecule has 1 aromatic heterocycles. The van der Waals surface area contributed by atoms with Crippen molar-refractivity contribution in [3.05, 3.63) is 87.8 Å². The first-order valence-electron chi connectivity index (χ1n) is 11.1. The van der Waals surface area contributed by atoms with Gasteiger partial charge < -0.3 is 10.4 Å². The largest absolute Gasteiger partial charge is 0.465 e. The highest BCUT2D eigenvalue weighted by Crippen LogP contribution is 2.54. The summed E-state index contributed by atoms with van der Waals surface area (Å²) in [6, 6.07) is 17.1. The molecule has 1 amide bonds. The van der Waals surface area contributed by atoms with E-state index in [9.17, 15) is 14.7 Å². The highest BCUT2D eigenvalue weighted by atomic mass is 32.1. The zero-order valence-corrected chi connectivity index (χ0v) is 19.0. The van der Waals surface area contributed by atoms with Gasteiger partial charge >= 0.3 is 6.09 Å². The van der Waals surface area contributed by atoms with Crippen molar-refractivity contribution in [3.8, 4) is 0 Å². The van der Waals surface area contributed by atoms with Gasteiger partial charge in [-0.1, -0.05) is 54.6 Å². The van der Waals surface area contributed by atoms with E-state index in [-0.39, 0.29) is 28.4 Å². The van der Waals surface area contributed by atoms with Gasteiger partial charge in [-0.05, 0) is 49.0 Å². The molecule has 1 aliphatic heterocycles. The van der Waals surface area contributed by atoms with E-state index in [4.69, 9.17) is 0 Å². The topological polar surface area (TPSA) is 87.5 Å². The lowest BCUT2D eigenvalue weighted by Gasteiger charge is -2.43. The van der Waals surface area contributed by atoms with E-state index in [2.05, 4.69) is 29.0 Å². The van der Waals surface area contributed by atoms with Gasteiger partial charge in [-0.15, -0.1) is 12.6 Å².